The fraction of sp³-hybridized carbons (Fsp3) is 0.700. The molecule has 0 radical (unpaired) electrons. The van der Waals surface area contributed by atoms with Crippen LogP contribution in [0.3, 0.4) is 0 Å². The van der Waals surface area contributed by atoms with Crippen molar-refractivity contribution >= 4 is 5.91 Å². The standard InChI is InChI=1S/C10H17N5O2/c1-13-8-12-15(10(13)17)7-9(16)14-5-2-3-11-4-6-14/h8,11H,2-7H2,1H3. The van der Waals surface area contributed by atoms with Crippen molar-refractivity contribution in [3.8, 4) is 0 Å². The molecule has 1 aromatic heterocycles. The Morgan fingerprint density at radius 2 is 2.29 bits per heavy atom. The van der Waals surface area contributed by atoms with Gasteiger partial charge >= 0.3 is 5.69 Å². The van der Waals surface area contributed by atoms with Gasteiger partial charge < -0.3 is 10.2 Å². The highest BCUT2D eigenvalue weighted by Crippen LogP contribution is 1.97. The SMILES string of the molecule is Cn1cnn(CC(=O)N2CCCNCC2)c1=O. The second-order valence-corrected chi connectivity index (χ2v) is 4.17. The van der Waals surface area contributed by atoms with Crippen molar-refractivity contribution in [3.05, 3.63) is 16.8 Å². The van der Waals surface area contributed by atoms with Crippen LogP contribution in [-0.4, -0.2) is 51.3 Å². The lowest BCUT2D eigenvalue weighted by Gasteiger charge is -2.19. The van der Waals surface area contributed by atoms with Crippen molar-refractivity contribution in [2.24, 2.45) is 7.05 Å². The molecular weight excluding hydrogens is 222 g/mol. The van der Waals surface area contributed by atoms with E-state index in [-0.39, 0.29) is 18.1 Å². The van der Waals surface area contributed by atoms with E-state index in [9.17, 15) is 9.59 Å². The zero-order valence-corrected chi connectivity index (χ0v) is 9.93. The van der Waals surface area contributed by atoms with Gasteiger partial charge in [-0.2, -0.15) is 5.10 Å². The van der Waals surface area contributed by atoms with Gasteiger partial charge in [-0.05, 0) is 13.0 Å². The zero-order valence-electron chi connectivity index (χ0n) is 9.93. The molecule has 2 rings (SSSR count). The fourth-order valence-corrected chi connectivity index (χ4v) is 1.85. The van der Waals surface area contributed by atoms with Crippen LogP contribution in [-0.2, 0) is 18.4 Å². The predicted octanol–water partition coefficient (Wildman–Crippen LogP) is -1.60. The molecule has 1 saturated heterocycles. The van der Waals surface area contributed by atoms with E-state index in [2.05, 4.69) is 10.4 Å². The molecule has 1 aliphatic heterocycles. The van der Waals surface area contributed by atoms with Crippen molar-refractivity contribution in [2.75, 3.05) is 26.2 Å². The third-order valence-corrected chi connectivity index (χ3v) is 2.86. The quantitative estimate of drug-likeness (QED) is 0.675. The molecule has 2 heterocycles. The first kappa shape index (κ1) is 11.8. The lowest BCUT2D eigenvalue weighted by molar-refractivity contribution is -0.131. The van der Waals surface area contributed by atoms with E-state index in [1.807, 2.05) is 0 Å². The number of aromatic nitrogens is 3. The Hall–Kier alpha value is -1.63. The molecule has 7 nitrogen and oxygen atoms in total. The molecule has 0 aliphatic carbocycles. The Kier molecular flexibility index (Phi) is 3.58. The molecule has 7 heteroatoms. The molecule has 0 saturated carbocycles. The molecule has 0 atom stereocenters. The maximum absolute atomic E-state index is 12.0. The summed E-state index contributed by atoms with van der Waals surface area (Å²) in [5.74, 6) is -0.0468. The first-order chi connectivity index (χ1) is 8.18. The highest BCUT2D eigenvalue weighted by molar-refractivity contribution is 5.75. The van der Waals surface area contributed by atoms with Crippen LogP contribution in [0.2, 0.25) is 0 Å². The molecule has 1 aliphatic rings. The lowest BCUT2D eigenvalue weighted by Crippen LogP contribution is -2.39. The minimum absolute atomic E-state index is 0.0275. The van der Waals surface area contributed by atoms with Crippen molar-refractivity contribution in [2.45, 2.75) is 13.0 Å². The molecule has 0 aromatic carbocycles. The van der Waals surface area contributed by atoms with Gasteiger partial charge in [0.2, 0.25) is 5.91 Å². The second kappa shape index (κ2) is 5.13. The average molecular weight is 239 g/mol. The number of hydrogen-bond acceptors (Lipinski definition) is 4. The summed E-state index contributed by atoms with van der Waals surface area (Å²) in [4.78, 5) is 25.3. The number of amides is 1. The summed E-state index contributed by atoms with van der Waals surface area (Å²) in [6.07, 6.45) is 2.36. The largest absolute Gasteiger partial charge is 0.345 e. The van der Waals surface area contributed by atoms with Crippen LogP contribution >= 0.6 is 0 Å². The number of hydrogen-bond donors (Lipinski definition) is 1. The Morgan fingerprint density at radius 3 is 3.00 bits per heavy atom. The van der Waals surface area contributed by atoms with Crippen LogP contribution < -0.4 is 11.0 Å². The monoisotopic (exact) mass is 239 g/mol. The third kappa shape index (κ3) is 2.73. The van der Waals surface area contributed by atoms with E-state index < -0.39 is 0 Å². The van der Waals surface area contributed by atoms with E-state index >= 15 is 0 Å². The Morgan fingerprint density at radius 1 is 1.47 bits per heavy atom. The molecule has 1 fully saturated rings. The molecule has 94 valence electrons. The van der Waals surface area contributed by atoms with Gasteiger partial charge in [-0.1, -0.05) is 0 Å². The Bertz CT molecular complexity index is 442. The van der Waals surface area contributed by atoms with Gasteiger partial charge in [-0.25, -0.2) is 9.48 Å². The van der Waals surface area contributed by atoms with Crippen molar-refractivity contribution in [1.29, 1.82) is 0 Å². The number of aryl methyl sites for hydroxylation is 1. The maximum atomic E-state index is 12.0. The fourth-order valence-electron chi connectivity index (χ4n) is 1.85. The number of rotatable bonds is 2. The first-order valence-electron chi connectivity index (χ1n) is 5.75. The highest BCUT2D eigenvalue weighted by atomic mass is 16.2. The van der Waals surface area contributed by atoms with Gasteiger partial charge in [0.15, 0.2) is 0 Å². The summed E-state index contributed by atoms with van der Waals surface area (Å²) in [7, 11) is 1.62. The van der Waals surface area contributed by atoms with Gasteiger partial charge in [0.1, 0.15) is 12.9 Å². The normalized spacial score (nSPS) is 16.9. The van der Waals surface area contributed by atoms with E-state index in [1.54, 1.807) is 11.9 Å². The predicted molar refractivity (Wildman–Crippen MR) is 61.5 cm³/mol. The van der Waals surface area contributed by atoms with Crippen molar-refractivity contribution < 1.29 is 4.79 Å². The number of nitrogens with zero attached hydrogens (tertiary/aromatic N) is 4. The van der Waals surface area contributed by atoms with Crippen molar-refractivity contribution in [3.63, 3.8) is 0 Å². The molecule has 1 amide bonds. The molecular formula is C10H17N5O2. The average Bonchev–Trinajstić information content (AvgIpc) is 2.59. The smallest absolute Gasteiger partial charge is 0.340 e. The number of carbonyl (C=O) groups excluding carboxylic acids is 1. The van der Waals surface area contributed by atoms with Crippen LogP contribution in [0.25, 0.3) is 0 Å². The molecule has 1 aromatic rings. The van der Waals surface area contributed by atoms with Crippen LogP contribution in [0, 0.1) is 0 Å². The minimum atomic E-state index is -0.258. The summed E-state index contributed by atoms with van der Waals surface area (Å²) in [5.41, 5.74) is -0.258. The molecule has 0 spiro atoms. The molecule has 0 bridgehead atoms. The zero-order chi connectivity index (χ0) is 12.3. The molecule has 17 heavy (non-hydrogen) atoms. The number of carbonyl (C=O) groups is 1. The van der Waals surface area contributed by atoms with E-state index in [1.165, 1.54) is 15.6 Å². The van der Waals surface area contributed by atoms with Crippen LogP contribution in [0.4, 0.5) is 0 Å². The lowest BCUT2D eigenvalue weighted by atomic mass is 10.4. The van der Waals surface area contributed by atoms with E-state index in [4.69, 9.17) is 0 Å². The second-order valence-electron chi connectivity index (χ2n) is 4.17. The summed E-state index contributed by atoms with van der Waals surface area (Å²) in [5, 5.41) is 7.11. The van der Waals surface area contributed by atoms with Crippen LogP contribution in [0.15, 0.2) is 11.1 Å². The summed E-state index contributed by atoms with van der Waals surface area (Å²) in [6, 6.07) is 0. The summed E-state index contributed by atoms with van der Waals surface area (Å²) >= 11 is 0. The number of nitrogens with one attached hydrogen (secondary N) is 1. The van der Waals surface area contributed by atoms with E-state index in [0.717, 1.165) is 26.1 Å². The van der Waals surface area contributed by atoms with Gasteiger partial charge in [-0.15, -0.1) is 0 Å². The first-order valence-corrected chi connectivity index (χ1v) is 5.75. The minimum Gasteiger partial charge on any atom is -0.340 e. The summed E-state index contributed by atoms with van der Waals surface area (Å²) < 4.78 is 2.55. The van der Waals surface area contributed by atoms with E-state index in [0.29, 0.717) is 6.54 Å². The van der Waals surface area contributed by atoms with Gasteiger partial charge in [-0.3, -0.25) is 9.36 Å². The van der Waals surface area contributed by atoms with Crippen LogP contribution in [0.1, 0.15) is 6.42 Å². The summed E-state index contributed by atoms with van der Waals surface area (Å²) in [6.45, 7) is 3.21. The van der Waals surface area contributed by atoms with Gasteiger partial charge in [0, 0.05) is 26.7 Å². The van der Waals surface area contributed by atoms with Gasteiger partial charge in [0.05, 0.1) is 0 Å². The van der Waals surface area contributed by atoms with Gasteiger partial charge in [0.25, 0.3) is 0 Å². The topological polar surface area (TPSA) is 72.2 Å². The highest BCUT2D eigenvalue weighted by Gasteiger charge is 2.17. The molecule has 1 N–H and O–H groups in total. The van der Waals surface area contributed by atoms with Crippen LogP contribution in [0.5, 0.6) is 0 Å². The Labute approximate surface area is 99.0 Å². The molecule has 0 unspecified atom stereocenters. The Balaban J connectivity index is 2.00. The van der Waals surface area contributed by atoms with Crippen molar-refractivity contribution in [1.82, 2.24) is 24.6 Å². The maximum Gasteiger partial charge on any atom is 0.345 e. The third-order valence-electron chi connectivity index (χ3n) is 2.86.